The van der Waals surface area contributed by atoms with Crippen LogP contribution in [0.3, 0.4) is 0 Å². The molecule has 1 fully saturated rings. The fourth-order valence-corrected chi connectivity index (χ4v) is 2.70. The maximum Gasteiger partial charge on any atom is 0.191 e. The lowest BCUT2D eigenvalue weighted by Crippen LogP contribution is -2.38. The van der Waals surface area contributed by atoms with Crippen molar-refractivity contribution in [3.05, 3.63) is 71.0 Å². The van der Waals surface area contributed by atoms with Gasteiger partial charge in [-0.1, -0.05) is 18.2 Å². The third kappa shape index (κ3) is 4.87. The lowest BCUT2D eigenvalue weighted by molar-refractivity contribution is 0.553. The van der Waals surface area contributed by atoms with Crippen LogP contribution in [0.15, 0.2) is 47.5 Å². The third-order valence-electron chi connectivity index (χ3n) is 4.08. The molecule has 0 aliphatic heterocycles. The summed E-state index contributed by atoms with van der Waals surface area (Å²) < 4.78 is 40.5. The molecule has 1 aliphatic rings. The molecule has 134 valence electrons. The van der Waals surface area contributed by atoms with E-state index in [1.807, 2.05) is 0 Å². The van der Waals surface area contributed by atoms with Gasteiger partial charge in [0.1, 0.15) is 17.5 Å². The minimum absolute atomic E-state index is 0. The van der Waals surface area contributed by atoms with Crippen LogP contribution in [-0.4, -0.2) is 19.0 Å². The molecule has 3 rings (SSSR count). The van der Waals surface area contributed by atoms with Crippen LogP contribution in [0.5, 0.6) is 0 Å². The minimum Gasteiger partial charge on any atom is -0.353 e. The van der Waals surface area contributed by atoms with Gasteiger partial charge in [0.2, 0.25) is 0 Å². The molecule has 2 unspecified atom stereocenters. The zero-order valence-electron chi connectivity index (χ0n) is 13.6. The standard InChI is InChI=1S/C18H18F3N3.HI/c1-22-18(23-10-11-5-7-12(19)8-6-11)24-16-9-13(16)17-14(20)3-2-4-15(17)21;/h2-8,13,16H,9-10H2,1H3,(H2,22,23,24);1H. The molecule has 2 aromatic carbocycles. The van der Waals surface area contributed by atoms with Gasteiger partial charge in [-0.05, 0) is 36.2 Å². The van der Waals surface area contributed by atoms with E-state index in [4.69, 9.17) is 0 Å². The highest BCUT2D eigenvalue weighted by Gasteiger charge is 2.42. The number of halogens is 4. The molecular formula is C18H19F3IN3. The highest BCUT2D eigenvalue weighted by Crippen LogP contribution is 2.43. The molecule has 1 saturated carbocycles. The summed E-state index contributed by atoms with van der Waals surface area (Å²) >= 11 is 0. The normalized spacial score (nSPS) is 19.1. The summed E-state index contributed by atoms with van der Waals surface area (Å²) in [4.78, 5) is 4.11. The van der Waals surface area contributed by atoms with Crippen molar-refractivity contribution in [1.29, 1.82) is 0 Å². The summed E-state index contributed by atoms with van der Waals surface area (Å²) in [5.74, 6) is -0.967. The van der Waals surface area contributed by atoms with Crippen molar-refractivity contribution < 1.29 is 13.2 Å². The van der Waals surface area contributed by atoms with Gasteiger partial charge < -0.3 is 10.6 Å². The van der Waals surface area contributed by atoms with Crippen LogP contribution >= 0.6 is 24.0 Å². The van der Waals surface area contributed by atoms with Crippen LogP contribution < -0.4 is 10.6 Å². The first-order chi connectivity index (χ1) is 11.6. The number of guanidine groups is 1. The van der Waals surface area contributed by atoms with Gasteiger partial charge in [-0.2, -0.15) is 0 Å². The summed E-state index contributed by atoms with van der Waals surface area (Å²) in [7, 11) is 1.63. The second-order valence-corrected chi connectivity index (χ2v) is 5.78. The van der Waals surface area contributed by atoms with Gasteiger partial charge in [0.05, 0.1) is 0 Å². The Bertz CT molecular complexity index is 729. The maximum atomic E-state index is 13.8. The van der Waals surface area contributed by atoms with E-state index in [-0.39, 0.29) is 47.3 Å². The minimum atomic E-state index is -0.515. The summed E-state index contributed by atoms with van der Waals surface area (Å²) in [6.45, 7) is 0.478. The first-order valence-corrected chi connectivity index (χ1v) is 7.74. The van der Waals surface area contributed by atoms with E-state index < -0.39 is 11.6 Å². The highest BCUT2D eigenvalue weighted by atomic mass is 127. The molecule has 0 bridgehead atoms. The van der Waals surface area contributed by atoms with E-state index in [0.29, 0.717) is 18.9 Å². The second-order valence-electron chi connectivity index (χ2n) is 5.78. The van der Waals surface area contributed by atoms with E-state index in [1.165, 1.54) is 30.3 Å². The van der Waals surface area contributed by atoms with Crippen molar-refractivity contribution >= 4 is 29.9 Å². The number of rotatable bonds is 4. The molecule has 0 heterocycles. The molecule has 0 spiro atoms. The molecule has 7 heteroatoms. The fraction of sp³-hybridized carbons (Fsp3) is 0.278. The van der Waals surface area contributed by atoms with Crippen LogP contribution in [0.2, 0.25) is 0 Å². The number of nitrogens with zero attached hydrogens (tertiary/aromatic N) is 1. The number of benzene rings is 2. The van der Waals surface area contributed by atoms with Gasteiger partial charge >= 0.3 is 0 Å². The van der Waals surface area contributed by atoms with Crippen molar-refractivity contribution in [2.24, 2.45) is 4.99 Å². The molecule has 2 aromatic rings. The number of hydrogen-bond acceptors (Lipinski definition) is 1. The SMILES string of the molecule is CN=C(NCc1ccc(F)cc1)NC1CC1c1c(F)cccc1F.I. The Hall–Kier alpha value is -1.77. The van der Waals surface area contributed by atoms with E-state index in [9.17, 15) is 13.2 Å². The predicted octanol–water partition coefficient (Wildman–Crippen LogP) is 3.94. The van der Waals surface area contributed by atoms with E-state index in [0.717, 1.165) is 5.56 Å². The Morgan fingerprint density at radius 1 is 1.08 bits per heavy atom. The molecule has 0 saturated heterocycles. The number of aliphatic imine (C=N–C) groups is 1. The van der Waals surface area contributed by atoms with Crippen molar-refractivity contribution in [2.45, 2.75) is 24.9 Å². The van der Waals surface area contributed by atoms with Crippen LogP contribution in [-0.2, 0) is 6.54 Å². The predicted molar refractivity (Wildman–Crippen MR) is 103 cm³/mol. The fourth-order valence-electron chi connectivity index (χ4n) is 2.70. The summed E-state index contributed by atoms with van der Waals surface area (Å²) in [6.07, 6.45) is 0.648. The van der Waals surface area contributed by atoms with Gasteiger partial charge in [0.15, 0.2) is 5.96 Å². The average Bonchev–Trinajstić information content (AvgIpc) is 3.31. The third-order valence-corrected chi connectivity index (χ3v) is 4.08. The van der Waals surface area contributed by atoms with Crippen molar-refractivity contribution in [1.82, 2.24) is 10.6 Å². The Morgan fingerprint density at radius 3 is 2.32 bits per heavy atom. The molecule has 3 nitrogen and oxygen atoms in total. The van der Waals surface area contributed by atoms with E-state index in [2.05, 4.69) is 15.6 Å². The monoisotopic (exact) mass is 461 g/mol. The smallest absolute Gasteiger partial charge is 0.191 e. The molecule has 1 aliphatic carbocycles. The van der Waals surface area contributed by atoms with Gasteiger partial charge in [0, 0.05) is 31.1 Å². The lowest BCUT2D eigenvalue weighted by atomic mass is 10.1. The molecular weight excluding hydrogens is 442 g/mol. The maximum absolute atomic E-state index is 13.8. The topological polar surface area (TPSA) is 36.4 Å². The number of hydrogen-bond donors (Lipinski definition) is 2. The van der Waals surface area contributed by atoms with E-state index >= 15 is 0 Å². The summed E-state index contributed by atoms with van der Waals surface area (Å²) in [6, 6.07) is 10.0. The lowest BCUT2D eigenvalue weighted by Gasteiger charge is -2.12. The Morgan fingerprint density at radius 2 is 1.72 bits per heavy atom. The van der Waals surface area contributed by atoms with Gasteiger partial charge in [-0.25, -0.2) is 13.2 Å². The van der Waals surface area contributed by atoms with Gasteiger partial charge in [-0.15, -0.1) is 24.0 Å². The highest BCUT2D eigenvalue weighted by molar-refractivity contribution is 14.0. The quantitative estimate of drug-likeness (QED) is 0.411. The zero-order chi connectivity index (χ0) is 17.1. The molecule has 0 amide bonds. The summed E-state index contributed by atoms with van der Waals surface area (Å²) in [5.41, 5.74) is 1.04. The van der Waals surface area contributed by atoms with Crippen molar-refractivity contribution in [3.8, 4) is 0 Å². The first kappa shape index (κ1) is 19.6. The number of nitrogens with one attached hydrogen (secondary N) is 2. The van der Waals surface area contributed by atoms with Crippen molar-refractivity contribution in [2.75, 3.05) is 7.05 Å². The van der Waals surface area contributed by atoms with E-state index in [1.54, 1.807) is 19.2 Å². The molecule has 2 atom stereocenters. The zero-order valence-corrected chi connectivity index (χ0v) is 15.9. The van der Waals surface area contributed by atoms with Crippen molar-refractivity contribution in [3.63, 3.8) is 0 Å². The van der Waals surface area contributed by atoms with Gasteiger partial charge in [-0.3, -0.25) is 4.99 Å². The molecule has 25 heavy (non-hydrogen) atoms. The van der Waals surface area contributed by atoms with Crippen LogP contribution in [0.1, 0.15) is 23.5 Å². The molecule has 2 N–H and O–H groups in total. The summed E-state index contributed by atoms with van der Waals surface area (Å²) in [5, 5.41) is 6.26. The second kappa shape index (κ2) is 8.55. The molecule has 0 aromatic heterocycles. The largest absolute Gasteiger partial charge is 0.353 e. The Kier molecular flexibility index (Phi) is 6.69. The Balaban J connectivity index is 0.00000225. The van der Waals surface area contributed by atoms with Crippen LogP contribution in [0, 0.1) is 17.5 Å². The van der Waals surface area contributed by atoms with Crippen LogP contribution in [0.4, 0.5) is 13.2 Å². The molecule has 0 radical (unpaired) electrons. The Labute approximate surface area is 161 Å². The first-order valence-electron chi connectivity index (χ1n) is 7.74. The average molecular weight is 461 g/mol. The van der Waals surface area contributed by atoms with Crippen LogP contribution in [0.25, 0.3) is 0 Å². The van der Waals surface area contributed by atoms with Gasteiger partial charge in [0.25, 0.3) is 0 Å².